The van der Waals surface area contributed by atoms with Gasteiger partial charge in [-0.05, 0) is 13.8 Å². The van der Waals surface area contributed by atoms with Crippen molar-refractivity contribution in [1.82, 2.24) is 9.80 Å². The average Bonchev–Trinajstić information content (AvgIpc) is 2.67. The van der Waals surface area contributed by atoms with Gasteiger partial charge < -0.3 is 25.7 Å². The Hall–Kier alpha value is -1.83. The summed E-state index contributed by atoms with van der Waals surface area (Å²) in [7, 11) is 0. The van der Waals surface area contributed by atoms with Crippen LogP contribution in [0.25, 0.3) is 0 Å². The van der Waals surface area contributed by atoms with Crippen molar-refractivity contribution in [1.29, 1.82) is 0 Å². The van der Waals surface area contributed by atoms with Crippen molar-refractivity contribution in [3.8, 4) is 0 Å². The molecule has 0 spiro atoms. The number of carbonyl (C=O) groups excluding carboxylic acids is 2. The summed E-state index contributed by atoms with van der Waals surface area (Å²) in [4.78, 5) is 36.5. The van der Waals surface area contributed by atoms with E-state index in [0.717, 1.165) is 4.90 Å². The molecular weight excluding hydrogens is 254 g/mol. The highest BCUT2D eigenvalue weighted by Gasteiger charge is 2.41. The van der Waals surface area contributed by atoms with Crippen LogP contribution in [0.5, 0.6) is 0 Å². The zero-order valence-electron chi connectivity index (χ0n) is 10.9. The minimum atomic E-state index is -1.17. The number of rotatable bonds is 4. The number of primary amides is 1. The number of nitrogens with two attached hydrogens (primary N) is 1. The Balaban J connectivity index is 2.89. The summed E-state index contributed by atoms with van der Waals surface area (Å²) in [6.45, 7) is 3.06. The Morgan fingerprint density at radius 3 is 2.42 bits per heavy atom. The number of carbonyl (C=O) groups is 3. The largest absolute Gasteiger partial charge is 0.480 e. The Bertz CT molecular complexity index is 385. The number of hydrogen-bond donors (Lipinski definition) is 3. The minimum absolute atomic E-state index is 0.0103. The zero-order chi connectivity index (χ0) is 14.7. The molecule has 1 fully saturated rings. The van der Waals surface area contributed by atoms with E-state index in [-0.39, 0.29) is 25.6 Å². The fourth-order valence-electron chi connectivity index (χ4n) is 2.06. The lowest BCUT2D eigenvalue weighted by Crippen LogP contribution is -2.52. The lowest BCUT2D eigenvalue weighted by molar-refractivity contribution is -0.141. The first kappa shape index (κ1) is 15.2. The lowest BCUT2D eigenvalue weighted by Gasteiger charge is -2.32. The van der Waals surface area contributed by atoms with Crippen molar-refractivity contribution in [2.24, 2.45) is 5.73 Å². The van der Waals surface area contributed by atoms with Gasteiger partial charge in [0.1, 0.15) is 12.6 Å². The second kappa shape index (κ2) is 5.87. The van der Waals surface area contributed by atoms with Gasteiger partial charge in [-0.15, -0.1) is 0 Å². The summed E-state index contributed by atoms with van der Waals surface area (Å²) in [5.74, 6) is -1.85. The van der Waals surface area contributed by atoms with Crippen LogP contribution in [0.15, 0.2) is 0 Å². The van der Waals surface area contributed by atoms with Gasteiger partial charge in [0.15, 0.2) is 0 Å². The molecule has 1 saturated heterocycles. The fourth-order valence-corrected chi connectivity index (χ4v) is 2.06. The number of aliphatic hydroxyl groups is 1. The van der Waals surface area contributed by atoms with Crippen LogP contribution in [-0.4, -0.2) is 69.2 Å². The van der Waals surface area contributed by atoms with E-state index in [1.807, 2.05) is 0 Å². The molecule has 0 radical (unpaired) electrons. The number of β-amino-alcohol motifs (C(OH)–C–C–N with tert-alkyl or cyclic N) is 1. The van der Waals surface area contributed by atoms with Crippen LogP contribution in [0.3, 0.4) is 0 Å². The van der Waals surface area contributed by atoms with Crippen molar-refractivity contribution in [2.45, 2.75) is 38.5 Å². The third-order valence-corrected chi connectivity index (χ3v) is 3.00. The Kier molecular flexibility index (Phi) is 4.71. The van der Waals surface area contributed by atoms with E-state index in [4.69, 9.17) is 10.8 Å². The van der Waals surface area contributed by atoms with Gasteiger partial charge in [0.05, 0.1) is 6.10 Å². The van der Waals surface area contributed by atoms with Crippen LogP contribution in [0.4, 0.5) is 4.79 Å². The van der Waals surface area contributed by atoms with Gasteiger partial charge in [-0.3, -0.25) is 4.79 Å². The molecule has 0 aliphatic carbocycles. The summed E-state index contributed by atoms with van der Waals surface area (Å²) in [5.41, 5.74) is 5.07. The summed E-state index contributed by atoms with van der Waals surface area (Å²) in [6.07, 6.45) is -0.878. The molecule has 0 aromatic rings. The molecule has 3 amide bonds. The molecule has 1 rings (SSSR count). The van der Waals surface area contributed by atoms with Gasteiger partial charge in [-0.1, -0.05) is 0 Å². The molecule has 2 atom stereocenters. The van der Waals surface area contributed by atoms with Gasteiger partial charge in [0.25, 0.3) is 0 Å². The first-order valence-corrected chi connectivity index (χ1v) is 6.00. The van der Waals surface area contributed by atoms with E-state index in [2.05, 4.69) is 0 Å². The van der Waals surface area contributed by atoms with Crippen LogP contribution >= 0.6 is 0 Å². The third kappa shape index (κ3) is 3.57. The summed E-state index contributed by atoms with van der Waals surface area (Å²) < 4.78 is 0. The number of nitrogens with zero attached hydrogens (tertiary/aromatic N) is 2. The molecular formula is C11H19N3O5. The SMILES string of the molecule is CC(C)N(CC(N)=O)C(=O)N1C[C@H](O)C[C@H]1C(=O)O. The molecule has 1 aliphatic heterocycles. The van der Waals surface area contributed by atoms with Crippen LogP contribution in [0.1, 0.15) is 20.3 Å². The monoisotopic (exact) mass is 273 g/mol. The number of hydrogen-bond acceptors (Lipinski definition) is 4. The van der Waals surface area contributed by atoms with Crippen LogP contribution < -0.4 is 5.73 Å². The molecule has 4 N–H and O–H groups in total. The molecule has 0 bridgehead atoms. The number of aliphatic hydroxyl groups excluding tert-OH is 1. The molecule has 1 aliphatic rings. The predicted octanol–water partition coefficient (Wildman–Crippen LogP) is -1.18. The molecule has 8 heteroatoms. The van der Waals surface area contributed by atoms with Gasteiger partial charge in [0, 0.05) is 19.0 Å². The van der Waals surface area contributed by atoms with Crippen molar-refractivity contribution >= 4 is 17.9 Å². The van der Waals surface area contributed by atoms with Crippen LogP contribution in [0, 0.1) is 0 Å². The smallest absolute Gasteiger partial charge is 0.326 e. The summed E-state index contributed by atoms with van der Waals surface area (Å²) in [5, 5.41) is 18.5. The highest BCUT2D eigenvalue weighted by molar-refractivity contribution is 5.87. The Morgan fingerprint density at radius 2 is 2.00 bits per heavy atom. The zero-order valence-corrected chi connectivity index (χ0v) is 10.9. The highest BCUT2D eigenvalue weighted by atomic mass is 16.4. The highest BCUT2D eigenvalue weighted by Crippen LogP contribution is 2.20. The van der Waals surface area contributed by atoms with E-state index in [0.29, 0.717) is 0 Å². The standard InChI is InChI=1S/C11H19N3O5/c1-6(2)13(5-9(12)16)11(19)14-4-7(15)3-8(14)10(17)18/h6-8,15H,3-5H2,1-2H3,(H2,12,16)(H,17,18)/t7-,8+/m1/s1. The number of carboxylic acids is 1. The topological polar surface area (TPSA) is 124 Å². The molecule has 1 heterocycles. The van der Waals surface area contributed by atoms with Crippen molar-refractivity contribution in [3.05, 3.63) is 0 Å². The van der Waals surface area contributed by atoms with Crippen molar-refractivity contribution in [2.75, 3.05) is 13.1 Å². The number of likely N-dealkylation sites (tertiary alicyclic amines) is 1. The lowest BCUT2D eigenvalue weighted by atomic mass is 10.2. The van der Waals surface area contributed by atoms with E-state index >= 15 is 0 Å². The van der Waals surface area contributed by atoms with E-state index in [1.54, 1.807) is 13.8 Å². The Labute approximate surface area is 110 Å². The molecule has 108 valence electrons. The summed E-state index contributed by atoms with van der Waals surface area (Å²) in [6, 6.07) is -1.97. The molecule has 0 unspecified atom stereocenters. The first-order chi connectivity index (χ1) is 8.73. The average molecular weight is 273 g/mol. The van der Waals surface area contributed by atoms with Crippen LogP contribution in [-0.2, 0) is 9.59 Å². The number of aliphatic carboxylic acids is 1. The van der Waals surface area contributed by atoms with E-state index in [1.165, 1.54) is 4.90 Å². The second-order valence-electron chi connectivity index (χ2n) is 4.87. The maximum Gasteiger partial charge on any atom is 0.326 e. The van der Waals surface area contributed by atoms with E-state index < -0.39 is 30.1 Å². The fraction of sp³-hybridized carbons (Fsp3) is 0.727. The van der Waals surface area contributed by atoms with E-state index in [9.17, 15) is 19.5 Å². The maximum absolute atomic E-state index is 12.3. The predicted molar refractivity (Wildman–Crippen MR) is 65.2 cm³/mol. The third-order valence-electron chi connectivity index (χ3n) is 3.00. The van der Waals surface area contributed by atoms with Gasteiger partial charge in [-0.2, -0.15) is 0 Å². The molecule has 0 aromatic carbocycles. The maximum atomic E-state index is 12.3. The molecule has 0 aromatic heterocycles. The van der Waals surface area contributed by atoms with Crippen LogP contribution in [0.2, 0.25) is 0 Å². The molecule has 8 nitrogen and oxygen atoms in total. The number of amides is 3. The van der Waals surface area contributed by atoms with Gasteiger partial charge in [0.2, 0.25) is 5.91 Å². The number of carboxylic acid groups (broad SMARTS) is 1. The summed E-state index contributed by atoms with van der Waals surface area (Å²) >= 11 is 0. The normalized spacial score (nSPS) is 22.6. The second-order valence-corrected chi connectivity index (χ2v) is 4.87. The minimum Gasteiger partial charge on any atom is -0.480 e. The van der Waals surface area contributed by atoms with Gasteiger partial charge >= 0.3 is 12.0 Å². The molecule has 0 saturated carbocycles. The van der Waals surface area contributed by atoms with Crippen molar-refractivity contribution < 1.29 is 24.6 Å². The number of urea groups is 1. The van der Waals surface area contributed by atoms with Crippen molar-refractivity contribution in [3.63, 3.8) is 0 Å². The first-order valence-electron chi connectivity index (χ1n) is 6.00. The molecule has 19 heavy (non-hydrogen) atoms. The van der Waals surface area contributed by atoms with Gasteiger partial charge in [-0.25, -0.2) is 9.59 Å². The Morgan fingerprint density at radius 1 is 1.42 bits per heavy atom. The quantitative estimate of drug-likeness (QED) is 0.595.